The largest absolute Gasteiger partial charge is 0.467 e. The summed E-state index contributed by atoms with van der Waals surface area (Å²) in [6.45, 7) is 0.406. The van der Waals surface area contributed by atoms with E-state index in [0.29, 0.717) is 28.2 Å². The third-order valence-corrected chi connectivity index (χ3v) is 4.49. The quantitative estimate of drug-likeness (QED) is 0.555. The number of nitrogens with zero attached hydrogens (tertiary/aromatic N) is 2. The molecular weight excluding hydrogens is 352 g/mol. The van der Waals surface area contributed by atoms with E-state index in [9.17, 15) is 9.59 Å². The molecule has 0 bridgehead atoms. The highest BCUT2D eigenvalue weighted by molar-refractivity contribution is 6.30. The van der Waals surface area contributed by atoms with Crippen LogP contribution in [0.5, 0.6) is 0 Å². The van der Waals surface area contributed by atoms with Crippen molar-refractivity contribution >= 4 is 22.5 Å². The Kier molecular flexibility index (Phi) is 4.22. The van der Waals surface area contributed by atoms with Crippen molar-refractivity contribution in [3.63, 3.8) is 0 Å². The first-order valence-corrected chi connectivity index (χ1v) is 8.50. The van der Waals surface area contributed by atoms with Gasteiger partial charge in [-0.25, -0.2) is 4.79 Å². The van der Waals surface area contributed by atoms with Crippen molar-refractivity contribution in [1.82, 2.24) is 9.13 Å². The Balaban J connectivity index is 1.93. The van der Waals surface area contributed by atoms with Gasteiger partial charge in [-0.2, -0.15) is 0 Å². The fourth-order valence-electron chi connectivity index (χ4n) is 3.04. The lowest BCUT2D eigenvalue weighted by Crippen LogP contribution is -2.40. The average molecular weight is 367 g/mol. The van der Waals surface area contributed by atoms with Crippen LogP contribution in [-0.2, 0) is 13.1 Å². The minimum atomic E-state index is -0.384. The Morgan fingerprint density at radius 1 is 0.885 bits per heavy atom. The number of para-hydroxylation sites is 1. The summed E-state index contributed by atoms with van der Waals surface area (Å²) >= 11 is 6.07. The third-order valence-electron chi connectivity index (χ3n) is 4.26. The number of fused-ring (bicyclic) bond motifs is 1. The highest BCUT2D eigenvalue weighted by Crippen LogP contribution is 2.14. The second kappa shape index (κ2) is 6.69. The number of furan rings is 1. The summed E-state index contributed by atoms with van der Waals surface area (Å²) in [6, 6.07) is 17.9. The molecule has 2 aromatic carbocycles. The molecule has 2 heterocycles. The fourth-order valence-corrected chi connectivity index (χ4v) is 3.25. The molecular formula is C20H15ClN2O3. The number of halogens is 1. The van der Waals surface area contributed by atoms with Crippen LogP contribution >= 0.6 is 11.6 Å². The van der Waals surface area contributed by atoms with Crippen LogP contribution in [0.3, 0.4) is 0 Å². The van der Waals surface area contributed by atoms with E-state index in [0.717, 1.165) is 5.56 Å². The van der Waals surface area contributed by atoms with Crippen molar-refractivity contribution in [2.75, 3.05) is 0 Å². The van der Waals surface area contributed by atoms with Crippen molar-refractivity contribution in [1.29, 1.82) is 0 Å². The van der Waals surface area contributed by atoms with Crippen LogP contribution in [0.2, 0.25) is 5.02 Å². The van der Waals surface area contributed by atoms with E-state index < -0.39 is 0 Å². The third kappa shape index (κ3) is 2.97. The lowest BCUT2D eigenvalue weighted by atomic mass is 10.2. The molecule has 0 radical (unpaired) electrons. The van der Waals surface area contributed by atoms with Crippen LogP contribution in [0.15, 0.2) is 80.9 Å². The van der Waals surface area contributed by atoms with Crippen LogP contribution in [0.1, 0.15) is 11.3 Å². The molecule has 0 aliphatic heterocycles. The number of rotatable bonds is 4. The van der Waals surface area contributed by atoms with Crippen LogP contribution in [0, 0.1) is 0 Å². The Morgan fingerprint density at radius 2 is 1.73 bits per heavy atom. The summed E-state index contributed by atoms with van der Waals surface area (Å²) in [5.41, 5.74) is 0.764. The van der Waals surface area contributed by atoms with Crippen molar-refractivity contribution in [3.05, 3.63) is 104 Å². The summed E-state index contributed by atoms with van der Waals surface area (Å²) in [5, 5.41) is 1.09. The molecule has 0 N–H and O–H groups in total. The molecule has 0 fully saturated rings. The second-order valence-corrected chi connectivity index (χ2v) is 6.42. The van der Waals surface area contributed by atoms with Crippen LogP contribution in [-0.4, -0.2) is 9.13 Å². The van der Waals surface area contributed by atoms with Crippen LogP contribution in [0.4, 0.5) is 0 Å². The van der Waals surface area contributed by atoms with Gasteiger partial charge in [0.2, 0.25) is 0 Å². The van der Waals surface area contributed by atoms with Gasteiger partial charge in [-0.05, 0) is 42.0 Å². The minimum Gasteiger partial charge on any atom is -0.467 e. The Bertz CT molecular complexity index is 1190. The summed E-state index contributed by atoms with van der Waals surface area (Å²) in [7, 11) is 0. The molecule has 4 rings (SSSR count). The minimum absolute atomic E-state index is 0.0883. The SMILES string of the molecule is O=c1c2ccccc2n(Cc2cccc(Cl)c2)c(=O)n1Cc1ccco1. The van der Waals surface area contributed by atoms with Gasteiger partial charge in [0.05, 0.1) is 30.3 Å². The Morgan fingerprint density at radius 3 is 2.50 bits per heavy atom. The molecule has 0 aliphatic carbocycles. The van der Waals surface area contributed by atoms with Gasteiger partial charge < -0.3 is 4.42 Å². The zero-order valence-corrected chi connectivity index (χ0v) is 14.5. The maximum atomic E-state index is 13.1. The average Bonchev–Trinajstić information content (AvgIpc) is 3.16. The first-order chi connectivity index (χ1) is 12.6. The van der Waals surface area contributed by atoms with Gasteiger partial charge >= 0.3 is 5.69 Å². The van der Waals surface area contributed by atoms with E-state index >= 15 is 0 Å². The van der Waals surface area contributed by atoms with Crippen molar-refractivity contribution in [2.24, 2.45) is 0 Å². The number of aromatic nitrogens is 2. The summed E-state index contributed by atoms with van der Waals surface area (Å²) in [5.74, 6) is 0.550. The molecule has 0 aliphatic rings. The fraction of sp³-hybridized carbons (Fsp3) is 0.100. The predicted molar refractivity (Wildman–Crippen MR) is 101 cm³/mol. The number of benzene rings is 2. The van der Waals surface area contributed by atoms with E-state index in [4.69, 9.17) is 16.0 Å². The summed E-state index contributed by atoms with van der Waals surface area (Å²) < 4.78 is 8.10. The van der Waals surface area contributed by atoms with Crippen LogP contribution < -0.4 is 11.2 Å². The van der Waals surface area contributed by atoms with E-state index in [1.165, 1.54) is 10.8 Å². The molecule has 5 nitrogen and oxygen atoms in total. The molecule has 26 heavy (non-hydrogen) atoms. The van der Waals surface area contributed by atoms with Gasteiger partial charge in [-0.3, -0.25) is 13.9 Å². The van der Waals surface area contributed by atoms with Gasteiger partial charge in [0.25, 0.3) is 5.56 Å². The highest BCUT2D eigenvalue weighted by atomic mass is 35.5. The first kappa shape index (κ1) is 16.4. The lowest BCUT2D eigenvalue weighted by molar-refractivity contribution is 0.479. The molecule has 0 spiro atoms. The molecule has 130 valence electrons. The number of hydrogen-bond donors (Lipinski definition) is 0. The van der Waals surface area contributed by atoms with Crippen LogP contribution in [0.25, 0.3) is 10.9 Å². The van der Waals surface area contributed by atoms with Gasteiger partial charge in [-0.1, -0.05) is 35.9 Å². The standard InChI is InChI=1S/C20H15ClN2O3/c21-15-6-3-5-14(11-15)12-22-18-9-2-1-8-17(18)19(24)23(20(22)25)13-16-7-4-10-26-16/h1-11H,12-13H2. The Labute approximate surface area is 153 Å². The molecule has 4 aromatic rings. The van der Waals surface area contributed by atoms with E-state index in [2.05, 4.69) is 0 Å². The molecule has 0 saturated carbocycles. The smallest absolute Gasteiger partial charge is 0.332 e. The maximum absolute atomic E-state index is 13.1. The summed E-state index contributed by atoms with van der Waals surface area (Å²) in [6.07, 6.45) is 1.52. The van der Waals surface area contributed by atoms with E-state index in [1.807, 2.05) is 24.3 Å². The van der Waals surface area contributed by atoms with Gasteiger partial charge in [0.15, 0.2) is 0 Å². The molecule has 6 heteroatoms. The van der Waals surface area contributed by atoms with Gasteiger partial charge in [0.1, 0.15) is 5.76 Å². The van der Waals surface area contributed by atoms with Gasteiger partial charge in [0, 0.05) is 5.02 Å². The number of hydrogen-bond acceptors (Lipinski definition) is 3. The van der Waals surface area contributed by atoms with Crippen molar-refractivity contribution < 1.29 is 4.42 Å². The first-order valence-electron chi connectivity index (χ1n) is 8.13. The predicted octanol–water partition coefficient (Wildman–Crippen LogP) is 3.51. The normalized spacial score (nSPS) is 11.1. The molecule has 0 saturated heterocycles. The summed E-state index contributed by atoms with van der Waals surface area (Å²) in [4.78, 5) is 25.9. The second-order valence-electron chi connectivity index (χ2n) is 5.99. The molecule has 0 unspecified atom stereocenters. The maximum Gasteiger partial charge on any atom is 0.332 e. The topological polar surface area (TPSA) is 57.1 Å². The van der Waals surface area contributed by atoms with Crippen molar-refractivity contribution in [2.45, 2.75) is 13.1 Å². The Hall–Kier alpha value is -3.05. The van der Waals surface area contributed by atoms with Gasteiger partial charge in [-0.15, -0.1) is 0 Å². The highest BCUT2D eigenvalue weighted by Gasteiger charge is 2.14. The lowest BCUT2D eigenvalue weighted by Gasteiger charge is -2.14. The monoisotopic (exact) mass is 366 g/mol. The molecule has 0 atom stereocenters. The molecule has 2 aromatic heterocycles. The van der Waals surface area contributed by atoms with Crippen molar-refractivity contribution in [3.8, 4) is 0 Å². The van der Waals surface area contributed by atoms with E-state index in [-0.39, 0.29) is 17.8 Å². The zero-order chi connectivity index (χ0) is 18.1. The molecule has 0 amide bonds. The zero-order valence-electron chi connectivity index (χ0n) is 13.8. The van der Waals surface area contributed by atoms with E-state index in [1.54, 1.807) is 41.0 Å².